The second kappa shape index (κ2) is 4.90. The number of halogens is 1. The van der Waals surface area contributed by atoms with Crippen molar-refractivity contribution >= 4 is 21.7 Å². The van der Waals surface area contributed by atoms with Gasteiger partial charge in [-0.15, -0.1) is 0 Å². The molecule has 2 nitrogen and oxygen atoms in total. The first-order chi connectivity index (χ1) is 7.27. The molecule has 0 saturated carbocycles. The first-order valence-corrected chi connectivity index (χ1v) is 6.03. The van der Waals surface area contributed by atoms with Crippen LogP contribution in [0.3, 0.4) is 0 Å². The molecular formula is C12H14BrNO. The van der Waals surface area contributed by atoms with Crippen LogP contribution in [0.4, 0.5) is 0 Å². The van der Waals surface area contributed by atoms with Gasteiger partial charge in [-0.1, -0.05) is 34.1 Å². The molecule has 0 amide bonds. The minimum atomic E-state index is 0.199. The van der Waals surface area contributed by atoms with Gasteiger partial charge in [0.1, 0.15) is 5.78 Å². The fourth-order valence-electron chi connectivity index (χ4n) is 1.94. The molecule has 1 N–H and O–H groups in total. The van der Waals surface area contributed by atoms with Crippen molar-refractivity contribution in [3.63, 3.8) is 0 Å². The third-order valence-corrected chi connectivity index (χ3v) is 3.62. The number of hydrogen-bond acceptors (Lipinski definition) is 2. The van der Waals surface area contributed by atoms with Crippen LogP contribution in [0.2, 0.25) is 0 Å². The van der Waals surface area contributed by atoms with Crippen LogP contribution in [0, 0.1) is 5.92 Å². The molecule has 1 aromatic carbocycles. The Hall–Kier alpha value is -0.670. The van der Waals surface area contributed by atoms with Crippen LogP contribution < -0.4 is 5.32 Å². The van der Waals surface area contributed by atoms with E-state index in [0.29, 0.717) is 12.3 Å². The topological polar surface area (TPSA) is 29.1 Å². The molecule has 0 aliphatic carbocycles. The molecule has 1 aliphatic rings. The molecule has 1 unspecified atom stereocenters. The van der Waals surface area contributed by atoms with E-state index in [-0.39, 0.29) is 5.92 Å². The first-order valence-electron chi connectivity index (χ1n) is 5.24. The number of Topliss-reactive ketones (excluding diaryl/α,β-unsaturated/α-hetero) is 1. The van der Waals surface area contributed by atoms with Gasteiger partial charge < -0.3 is 5.32 Å². The SMILES string of the molecule is O=C1CNCCC1Cc1ccccc1Br. The summed E-state index contributed by atoms with van der Waals surface area (Å²) in [5.41, 5.74) is 1.23. The van der Waals surface area contributed by atoms with E-state index in [2.05, 4.69) is 27.3 Å². The molecule has 15 heavy (non-hydrogen) atoms. The number of ketones is 1. The quantitative estimate of drug-likeness (QED) is 0.890. The molecule has 1 saturated heterocycles. The van der Waals surface area contributed by atoms with E-state index >= 15 is 0 Å². The summed E-state index contributed by atoms with van der Waals surface area (Å²) < 4.78 is 1.11. The zero-order valence-corrected chi connectivity index (χ0v) is 10.1. The van der Waals surface area contributed by atoms with Crippen LogP contribution in [0.15, 0.2) is 28.7 Å². The fourth-order valence-corrected chi connectivity index (χ4v) is 2.39. The Morgan fingerprint density at radius 1 is 1.40 bits per heavy atom. The monoisotopic (exact) mass is 267 g/mol. The van der Waals surface area contributed by atoms with Gasteiger partial charge in [-0.2, -0.15) is 0 Å². The Morgan fingerprint density at radius 3 is 2.93 bits per heavy atom. The zero-order chi connectivity index (χ0) is 10.7. The van der Waals surface area contributed by atoms with E-state index in [1.807, 2.05) is 18.2 Å². The normalized spacial score (nSPS) is 21.7. The highest BCUT2D eigenvalue weighted by atomic mass is 79.9. The molecule has 0 aromatic heterocycles. The largest absolute Gasteiger partial charge is 0.310 e. The Morgan fingerprint density at radius 2 is 2.20 bits per heavy atom. The molecule has 0 radical (unpaired) electrons. The van der Waals surface area contributed by atoms with Crippen molar-refractivity contribution in [1.29, 1.82) is 0 Å². The first kappa shape index (κ1) is 10.8. The predicted octanol–water partition coefficient (Wildman–Crippen LogP) is 2.17. The number of hydrogen-bond donors (Lipinski definition) is 1. The molecule has 1 aromatic rings. The minimum absolute atomic E-state index is 0.199. The maximum Gasteiger partial charge on any atom is 0.150 e. The molecule has 2 rings (SSSR count). The summed E-state index contributed by atoms with van der Waals surface area (Å²) in [6.07, 6.45) is 1.82. The van der Waals surface area contributed by atoms with Crippen LogP contribution in [0.25, 0.3) is 0 Å². The van der Waals surface area contributed by atoms with Crippen LogP contribution >= 0.6 is 15.9 Å². The lowest BCUT2D eigenvalue weighted by Crippen LogP contribution is -2.37. The fraction of sp³-hybridized carbons (Fsp3) is 0.417. The summed E-state index contributed by atoms with van der Waals surface area (Å²) in [5.74, 6) is 0.543. The van der Waals surface area contributed by atoms with E-state index < -0.39 is 0 Å². The van der Waals surface area contributed by atoms with Gasteiger partial charge in [-0.05, 0) is 31.0 Å². The van der Waals surface area contributed by atoms with Gasteiger partial charge in [0.05, 0.1) is 6.54 Å². The average Bonchev–Trinajstić information content (AvgIpc) is 2.24. The second-order valence-electron chi connectivity index (χ2n) is 3.92. The molecular weight excluding hydrogens is 254 g/mol. The van der Waals surface area contributed by atoms with Crippen molar-refractivity contribution in [3.05, 3.63) is 34.3 Å². The Kier molecular flexibility index (Phi) is 3.54. The molecule has 1 aliphatic heterocycles. The van der Waals surface area contributed by atoms with E-state index in [4.69, 9.17) is 0 Å². The highest BCUT2D eigenvalue weighted by Gasteiger charge is 2.22. The van der Waals surface area contributed by atoms with Gasteiger partial charge in [-0.25, -0.2) is 0 Å². The van der Waals surface area contributed by atoms with Crippen molar-refractivity contribution in [2.45, 2.75) is 12.8 Å². The molecule has 3 heteroatoms. The van der Waals surface area contributed by atoms with Crippen molar-refractivity contribution in [2.24, 2.45) is 5.92 Å². The predicted molar refractivity (Wildman–Crippen MR) is 63.8 cm³/mol. The van der Waals surface area contributed by atoms with Gasteiger partial charge in [0.2, 0.25) is 0 Å². The lowest BCUT2D eigenvalue weighted by Gasteiger charge is -2.21. The molecule has 1 fully saturated rings. The van der Waals surface area contributed by atoms with Crippen LogP contribution in [-0.4, -0.2) is 18.9 Å². The number of carbonyl (C=O) groups excluding carboxylic acids is 1. The molecule has 80 valence electrons. The van der Waals surface area contributed by atoms with Gasteiger partial charge in [-0.3, -0.25) is 4.79 Å². The Labute approximate surface area is 98.2 Å². The third kappa shape index (κ3) is 2.67. The van der Waals surface area contributed by atoms with E-state index in [0.717, 1.165) is 23.9 Å². The number of benzene rings is 1. The van der Waals surface area contributed by atoms with E-state index in [9.17, 15) is 4.79 Å². The maximum atomic E-state index is 11.6. The summed E-state index contributed by atoms with van der Waals surface area (Å²) in [6.45, 7) is 1.50. The lowest BCUT2D eigenvalue weighted by molar-refractivity contribution is -0.123. The summed E-state index contributed by atoms with van der Waals surface area (Å²) in [4.78, 5) is 11.6. The number of piperidine rings is 1. The van der Waals surface area contributed by atoms with Crippen LogP contribution in [0.5, 0.6) is 0 Å². The van der Waals surface area contributed by atoms with Gasteiger partial charge >= 0.3 is 0 Å². The van der Waals surface area contributed by atoms with Gasteiger partial charge in [0.15, 0.2) is 0 Å². The van der Waals surface area contributed by atoms with Gasteiger partial charge in [0.25, 0.3) is 0 Å². The molecule has 0 bridgehead atoms. The maximum absolute atomic E-state index is 11.6. The van der Waals surface area contributed by atoms with Crippen molar-refractivity contribution in [1.82, 2.24) is 5.32 Å². The van der Waals surface area contributed by atoms with E-state index in [1.165, 1.54) is 5.56 Å². The summed E-state index contributed by atoms with van der Waals surface area (Å²) in [5, 5.41) is 3.10. The third-order valence-electron chi connectivity index (χ3n) is 2.85. The number of rotatable bonds is 2. The Balaban J connectivity index is 2.08. The molecule has 1 heterocycles. The van der Waals surface area contributed by atoms with E-state index in [1.54, 1.807) is 0 Å². The average molecular weight is 268 g/mol. The van der Waals surface area contributed by atoms with Crippen LogP contribution in [0.1, 0.15) is 12.0 Å². The smallest absolute Gasteiger partial charge is 0.150 e. The summed E-state index contributed by atoms with van der Waals surface area (Å²) >= 11 is 3.52. The minimum Gasteiger partial charge on any atom is -0.310 e. The Bertz CT molecular complexity index is 364. The van der Waals surface area contributed by atoms with Crippen molar-refractivity contribution in [3.8, 4) is 0 Å². The lowest BCUT2D eigenvalue weighted by atomic mass is 9.90. The number of nitrogens with one attached hydrogen (secondary N) is 1. The summed E-state index contributed by atoms with van der Waals surface area (Å²) in [7, 11) is 0. The van der Waals surface area contributed by atoms with Crippen molar-refractivity contribution < 1.29 is 4.79 Å². The molecule has 0 spiro atoms. The van der Waals surface area contributed by atoms with Crippen LogP contribution in [-0.2, 0) is 11.2 Å². The standard InChI is InChI=1S/C12H14BrNO/c13-11-4-2-1-3-9(11)7-10-5-6-14-8-12(10)15/h1-4,10,14H,5-8H2. The number of carbonyl (C=O) groups is 1. The highest BCUT2D eigenvalue weighted by molar-refractivity contribution is 9.10. The van der Waals surface area contributed by atoms with Gasteiger partial charge in [0, 0.05) is 10.4 Å². The highest BCUT2D eigenvalue weighted by Crippen LogP contribution is 2.22. The second-order valence-corrected chi connectivity index (χ2v) is 4.78. The molecule has 1 atom stereocenters. The summed E-state index contributed by atoms with van der Waals surface area (Å²) in [6, 6.07) is 8.13. The van der Waals surface area contributed by atoms with Crippen molar-refractivity contribution in [2.75, 3.05) is 13.1 Å². The zero-order valence-electron chi connectivity index (χ0n) is 8.50.